The highest BCUT2D eigenvalue weighted by atomic mass is 16.5. The number of amides is 1. The zero-order valence-electron chi connectivity index (χ0n) is 14.4. The van der Waals surface area contributed by atoms with E-state index in [1.165, 1.54) is 0 Å². The number of hydrogen-bond acceptors (Lipinski definition) is 4. The fourth-order valence-corrected chi connectivity index (χ4v) is 3.12. The van der Waals surface area contributed by atoms with Crippen LogP contribution in [0.1, 0.15) is 18.1 Å². The molecule has 0 N–H and O–H groups in total. The maximum Gasteiger partial charge on any atom is 0.310 e. The lowest BCUT2D eigenvalue weighted by molar-refractivity contribution is -0.147. The summed E-state index contributed by atoms with van der Waals surface area (Å²) in [5.41, 5.74) is 2.87. The third-order valence-electron chi connectivity index (χ3n) is 4.34. The number of hydrogen-bond donors (Lipinski definition) is 0. The second-order valence-corrected chi connectivity index (χ2v) is 6.13. The van der Waals surface area contributed by atoms with E-state index in [4.69, 9.17) is 9.47 Å². The third-order valence-corrected chi connectivity index (χ3v) is 4.34. The molecule has 0 saturated heterocycles. The summed E-state index contributed by atoms with van der Waals surface area (Å²) in [6, 6.07) is 15.1. The zero-order valence-corrected chi connectivity index (χ0v) is 14.4. The third kappa shape index (κ3) is 3.82. The van der Waals surface area contributed by atoms with E-state index in [0.717, 1.165) is 29.0 Å². The van der Waals surface area contributed by atoms with Crippen molar-refractivity contribution in [2.24, 2.45) is 0 Å². The van der Waals surface area contributed by atoms with Gasteiger partial charge in [0, 0.05) is 11.7 Å². The fraction of sp³-hybridized carbons (Fsp3) is 0.300. The highest BCUT2D eigenvalue weighted by molar-refractivity contribution is 5.97. The summed E-state index contributed by atoms with van der Waals surface area (Å²) in [7, 11) is 1.59. The summed E-state index contributed by atoms with van der Waals surface area (Å²) < 4.78 is 10.3. The lowest BCUT2D eigenvalue weighted by Gasteiger charge is -2.22. The molecule has 2 aromatic carbocycles. The number of fused-ring (bicyclic) bond motifs is 1. The van der Waals surface area contributed by atoms with E-state index in [-0.39, 0.29) is 25.0 Å². The Morgan fingerprint density at radius 3 is 2.56 bits per heavy atom. The van der Waals surface area contributed by atoms with Crippen molar-refractivity contribution < 1.29 is 19.1 Å². The molecule has 3 rings (SSSR count). The molecule has 0 radical (unpaired) electrons. The first-order valence-corrected chi connectivity index (χ1v) is 8.27. The molecule has 0 bridgehead atoms. The van der Waals surface area contributed by atoms with Crippen molar-refractivity contribution in [3.8, 4) is 5.75 Å². The van der Waals surface area contributed by atoms with Crippen molar-refractivity contribution in [2.45, 2.75) is 25.8 Å². The SMILES string of the molecule is COc1ccc(CC(=O)OCC(=O)N2c3ccccc3C[C@H]2C)cc1. The molecule has 5 heteroatoms. The predicted octanol–water partition coefficient (Wildman–Crippen LogP) is 2.76. The molecule has 25 heavy (non-hydrogen) atoms. The van der Waals surface area contributed by atoms with E-state index < -0.39 is 5.97 Å². The minimum absolute atomic E-state index is 0.0743. The summed E-state index contributed by atoms with van der Waals surface area (Å²) >= 11 is 0. The predicted molar refractivity (Wildman–Crippen MR) is 94.8 cm³/mol. The van der Waals surface area contributed by atoms with Crippen LogP contribution < -0.4 is 9.64 Å². The van der Waals surface area contributed by atoms with Crippen molar-refractivity contribution in [1.82, 2.24) is 0 Å². The van der Waals surface area contributed by atoms with Crippen LogP contribution >= 0.6 is 0 Å². The smallest absolute Gasteiger partial charge is 0.310 e. The number of carbonyl (C=O) groups is 2. The van der Waals surface area contributed by atoms with Gasteiger partial charge >= 0.3 is 5.97 Å². The summed E-state index contributed by atoms with van der Waals surface area (Å²) in [5.74, 6) is 0.119. The molecule has 1 aliphatic rings. The van der Waals surface area contributed by atoms with Crippen LogP contribution in [0.15, 0.2) is 48.5 Å². The number of ether oxygens (including phenoxy) is 2. The average Bonchev–Trinajstić information content (AvgIpc) is 2.96. The van der Waals surface area contributed by atoms with Gasteiger partial charge in [0.05, 0.1) is 13.5 Å². The minimum Gasteiger partial charge on any atom is -0.497 e. The monoisotopic (exact) mass is 339 g/mol. The normalized spacial score (nSPS) is 15.6. The number of carbonyl (C=O) groups excluding carboxylic acids is 2. The highest BCUT2D eigenvalue weighted by Gasteiger charge is 2.30. The molecule has 1 aliphatic heterocycles. The van der Waals surface area contributed by atoms with Crippen LogP contribution in [0.5, 0.6) is 5.75 Å². The van der Waals surface area contributed by atoms with Crippen molar-refractivity contribution in [3.63, 3.8) is 0 Å². The molecule has 0 aromatic heterocycles. The van der Waals surface area contributed by atoms with Gasteiger partial charge in [-0.1, -0.05) is 30.3 Å². The Morgan fingerprint density at radius 2 is 1.84 bits per heavy atom. The van der Waals surface area contributed by atoms with Gasteiger partial charge in [-0.3, -0.25) is 9.59 Å². The van der Waals surface area contributed by atoms with Gasteiger partial charge in [-0.05, 0) is 42.7 Å². The molecule has 5 nitrogen and oxygen atoms in total. The van der Waals surface area contributed by atoms with Crippen molar-refractivity contribution in [3.05, 3.63) is 59.7 Å². The number of methoxy groups -OCH3 is 1. The second kappa shape index (κ2) is 7.38. The molecule has 1 heterocycles. The molecule has 1 amide bonds. The number of anilines is 1. The van der Waals surface area contributed by atoms with Crippen LogP contribution in [-0.4, -0.2) is 31.6 Å². The molecule has 0 aliphatic carbocycles. The number of benzene rings is 2. The Bertz CT molecular complexity index is 770. The molecule has 130 valence electrons. The number of nitrogens with zero attached hydrogens (tertiary/aromatic N) is 1. The average molecular weight is 339 g/mol. The van der Waals surface area contributed by atoms with E-state index in [9.17, 15) is 9.59 Å². The van der Waals surface area contributed by atoms with Crippen LogP contribution in [-0.2, 0) is 27.2 Å². The van der Waals surface area contributed by atoms with Gasteiger partial charge in [0.2, 0.25) is 0 Å². The van der Waals surface area contributed by atoms with E-state index in [1.54, 1.807) is 36.3 Å². The maximum absolute atomic E-state index is 12.5. The first kappa shape index (κ1) is 17.0. The minimum atomic E-state index is -0.418. The first-order chi connectivity index (χ1) is 12.1. The van der Waals surface area contributed by atoms with Crippen LogP contribution in [0.2, 0.25) is 0 Å². The Labute approximate surface area is 147 Å². The first-order valence-electron chi connectivity index (χ1n) is 8.27. The molecule has 0 spiro atoms. The van der Waals surface area contributed by atoms with E-state index in [0.29, 0.717) is 0 Å². The Balaban J connectivity index is 1.56. The van der Waals surface area contributed by atoms with Crippen LogP contribution in [0.4, 0.5) is 5.69 Å². The summed E-state index contributed by atoms with van der Waals surface area (Å²) in [6.45, 7) is 1.75. The lowest BCUT2D eigenvalue weighted by Crippen LogP contribution is -2.38. The Morgan fingerprint density at radius 1 is 1.12 bits per heavy atom. The molecule has 2 aromatic rings. The summed E-state index contributed by atoms with van der Waals surface area (Å²) in [4.78, 5) is 26.2. The van der Waals surface area contributed by atoms with Gasteiger partial charge in [-0.15, -0.1) is 0 Å². The quantitative estimate of drug-likeness (QED) is 0.786. The van der Waals surface area contributed by atoms with Gasteiger partial charge < -0.3 is 14.4 Å². The summed E-state index contributed by atoms with van der Waals surface area (Å²) in [6.07, 6.45) is 0.950. The van der Waals surface area contributed by atoms with Crippen LogP contribution in [0.3, 0.4) is 0 Å². The lowest BCUT2D eigenvalue weighted by atomic mass is 10.1. The number of esters is 1. The molecule has 0 fully saturated rings. The maximum atomic E-state index is 12.5. The molecule has 1 atom stereocenters. The molecule has 0 saturated carbocycles. The van der Waals surface area contributed by atoms with E-state index >= 15 is 0 Å². The second-order valence-electron chi connectivity index (χ2n) is 6.13. The van der Waals surface area contributed by atoms with Crippen molar-refractivity contribution in [2.75, 3.05) is 18.6 Å². The van der Waals surface area contributed by atoms with Gasteiger partial charge in [-0.25, -0.2) is 0 Å². The van der Waals surface area contributed by atoms with Crippen molar-refractivity contribution >= 4 is 17.6 Å². The summed E-state index contributed by atoms with van der Waals surface area (Å²) in [5, 5.41) is 0. The molecular formula is C20H21NO4. The van der Waals surface area contributed by atoms with E-state index in [1.807, 2.05) is 31.2 Å². The topological polar surface area (TPSA) is 55.8 Å². The fourth-order valence-electron chi connectivity index (χ4n) is 3.12. The van der Waals surface area contributed by atoms with Crippen molar-refractivity contribution in [1.29, 1.82) is 0 Å². The van der Waals surface area contributed by atoms with Gasteiger partial charge in [0.15, 0.2) is 6.61 Å². The molecular weight excluding hydrogens is 318 g/mol. The van der Waals surface area contributed by atoms with Gasteiger partial charge in [-0.2, -0.15) is 0 Å². The highest BCUT2D eigenvalue weighted by Crippen LogP contribution is 2.31. The standard InChI is InChI=1S/C20H21NO4/c1-14-11-16-5-3-4-6-18(16)21(14)19(22)13-25-20(23)12-15-7-9-17(24-2)10-8-15/h3-10,14H,11-13H2,1-2H3/t14-/m1/s1. The Kier molecular flexibility index (Phi) is 5.03. The zero-order chi connectivity index (χ0) is 17.8. The van der Waals surface area contributed by atoms with Crippen LogP contribution in [0.25, 0.3) is 0 Å². The van der Waals surface area contributed by atoms with Crippen LogP contribution in [0, 0.1) is 0 Å². The van der Waals surface area contributed by atoms with Gasteiger partial charge in [0.25, 0.3) is 5.91 Å². The number of rotatable bonds is 5. The van der Waals surface area contributed by atoms with E-state index in [2.05, 4.69) is 0 Å². The van der Waals surface area contributed by atoms with Gasteiger partial charge in [0.1, 0.15) is 5.75 Å². The Hall–Kier alpha value is -2.82. The largest absolute Gasteiger partial charge is 0.497 e. The number of para-hydroxylation sites is 1. The molecule has 0 unspecified atom stereocenters.